The molecule has 4 heteroatoms. The lowest BCUT2D eigenvalue weighted by molar-refractivity contribution is -0.166. The van der Waals surface area contributed by atoms with E-state index in [1.54, 1.807) is 31.4 Å². The predicted octanol–water partition coefficient (Wildman–Crippen LogP) is 1.98. The highest BCUT2D eigenvalue weighted by atomic mass is 16.5. The first kappa shape index (κ1) is 11.9. The molecule has 2 rings (SSSR count). The molecule has 0 amide bonds. The quantitative estimate of drug-likeness (QED) is 0.838. The first-order valence-corrected chi connectivity index (χ1v) is 5.65. The largest absolute Gasteiger partial charge is 0.497 e. The van der Waals surface area contributed by atoms with Gasteiger partial charge in [0.1, 0.15) is 5.75 Å². The summed E-state index contributed by atoms with van der Waals surface area (Å²) in [6, 6.07) is 6.89. The Morgan fingerprint density at radius 3 is 2.29 bits per heavy atom. The molecule has 1 fully saturated rings. The lowest BCUT2D eigenvalue weighted by Gasteiger charge is -2.41. The number of aliphatic carboxylic acids is 1. The molecule has 1 aliphatic rings. The highest BCUT2D eigenvalue weighted by Gasteiger charge is 2.50. The van der Waals surface area contributed by atoms with Gasteiger partial charge in [-0.2, -0.15) is 0 Å². The number of carboxylic acids is 1. The fourth-order valence-corrected chi connectivity index (χ4v) is 2.27. The summed E-state index contributed by atoms with van der Waals surface area (Å²) >= 11 is 0. The molecule has 0 bridgehead atoms. The number of ether oxygens (including phenoxy) is 1. The van der Waals surface area contributed by atoms with E-state index >= 15 is 0 Å². The summed E-state index contributed by atoms with van der Waals surface area (Å²) in [4.78, 5) is 11.3. The van der Waals surface area contributed by atoms with Crippen molar-refractivity contribution in [3.63, 3.8) is 0 Å². The summed E-state index contributed by atoms with van der Waals surface area (Å²) < 4.78 is 5.02. The number of carbonyl (C=O) groups is 1. The van der Waals surface area contributed by atoms with E-state index in [0.29, 0.717) is 24.2 Å². The Balaban J connectivity index is 2.23. The van der Waals surface area contributed by atoms with E-state index in [1.165, 1.54) is 0 Å². The summed E-state index contributed by atoms with van der Waals surface area (Å²) in [6.07, 6.45) is 0.990. The Kier molecular flexibility index (Phi) is 3.07. The molecule has 1 aromatic rings. The van der Waals surface area contributed by atoms with Crippen LogP contribution in [0.5, 0.6) is 5.75 Å². The molecule has 1 unspecified atom stereocenters. The first-order valence-electron chi connectivity index (χ1n) is 5.65. The Hall–Kier alpha value is -1.55. The number of hydrogen-bond acceptors (Lipinski definition) is 3. The second-order valence-corrected chi connectivity index (χ2v) is 4.49. The van der Waals surface area contributed by atoms with Gasteiger partial charge in [-0.05, 0) is 30.5 Å². The maximum Gasteiger partial charge on any atom is 0.312 e. The fourth-order valence-electron chi connectivity index (χ4n) is 2.27. The second-order valence-electron chi connectivity index (χ2n) is 4.49. The van der Waals surface area contributed by atoms with Crippen LogP contribution in [-0.4, -0.2) is 23.3 Å². The summed E-state index contributed by atoms with van der Waals surface area (Å²) in [7, 11) is 1.57. The molecule has 0 spiro atoms. The van der Waals surface area contributed by atoms with Gasteiger partial charge in [-0.25, -0.2) is 0 Å². The Morgan fingerprint density at radius 2 is 1.94 bits per heavy atom. The minimum Gasteiger partial charge on any atom is -0.497 e. The Labute approximate surface area is 99.8 Å². The molecule has 4 nitrogen and oxygen atoms in total. The number of aliphatic hydroxyl groups is 1. The minimum absolute atomic E-state index is 0.537. The van der Waals surface area contributed by atoms with Gasteiger partial charge in [0, 0.05) is 0 Å². The van der Waals surface area contributed by atoms with E-state index < -0.39 is 17.5 Å². The maximum absolute atomic E-state index is 11.3. The van der Waals surface area contributed by atoms with Gasteiger partial charge in [-0.1, -0.05) is 18.6 Å². The molecule has 0 radical (unpaired) electrons. The van der Waals surface area contributed by atoms with Crippen molar-refractivity contribution >= 4 is 5.97 Å². The summed E-state index contributed by atoms with van der Waals surface area (Å²) in [6.45, 7) is 0. The molecule has 0 aliphatic heterocycles. The van der Waals surface area contributed by atoms with Crippen molar-refractivity contribution in [1.82, 2.24) is 0 Å². The molecule has 0 saturated heterocycles. The van der Waals surface area contributed by atoms with Crippen LogP contribution in [-0.2, 0) is 4.79 Å². The molecule has 17 heavy (non-hydrogen) atoms. The molecule has 0 heterocycles. The molecule has 1 aromatic carbocycles. The van der Waals surface area contributed by atoms with Crippen molar-refractivity contribution in [1.29, 1.82) is 0 Å². The topological polar surface area (TPSA) is 66.8 Å². The molecule has 1 aliphatic carbocycles. The standard InChI is InChI=1S/C13H16O4/c1-17-10-5-3-9(4-6-10)11(14)13(12(15)16)7-2-8-13/h3-6,11,14H,2,7-8H2,1H3,(H,15,16). The lowest BCUT2D eigenvalue weighted by Crippen LogP contribution is -2.43. The van der Waals surface area contributed by atoms with E-state index in [9.17, 15) is 15.0 Å². The van der Waals surface area contributed by atoms with Gasteiger partial charge in [-0.15, -0.1) is 0 Å². The highest BCUT2D eigenvalue weighted by molar-refractivity contribution is 5.77. The van der Waals surface area contributed by atoms with E-state index in [-0.39, 0.29) is 0 Å². The highest BCUT2D eigenvalue weighted by Crippen LogP contribution is 2.50. The predicted molar refractivity (Wildman–Crippen MR) is 61.9 cm³/mol. The van der Waals surface area contributed by atoms with Gasteiger partial charge in [-0.3, -0.25) is 4.79 Å². The van der Waals surface area contributed by atoms with Gasteiger partial charge in [0.25, 0.3) is 0 Å². The van der Waals surface area contributed by atoms with Crippen LogP contribution in [0.1, 0.15) is 30.9 Å². The van der Waals surface area contributed by atoms with Crippen molar-refractivity contribution < 1.29 is 19.7 Å². The average Bonchev–Trinajstić information content (AvgIpc) is 2.27. The second kappa shape index (κ2) is 4.37. The molecule has 92 valence electrons. The first-order chi connectivity index (χ1) is 8.10. The third-order valence-corrected chi connectivity index (χ3v) is 3.63. The summed E-state index contributed by atoms with van der Waals surface area (Å²) in [5.41, 5.74) is -0.359. The van der Waals surface area contributed by atoms with E-state index in [0.717, 1.165) is 6.42 Å². The van der Waals surface area contributed by atoms with Crippen molar-refractivity contribution in [2.75, 3.05) is 7.11 Å². The SMILES string of the molecule is COc1ccc(C(O)C2(C(=O)O)CCC2)cc1. The van der Waals surface area contributed by atoms with Gasteiger partial charge >= 0.3 is 5.97 Å². The lowest BCUT2D eigenvalue weighted by atomic mass is 9.63. The zero-order valence-electron chi connectivity index (χ0n) is 9.72. The number of benzene rings is 1. The van der Waals surface area contributed by atoms with E-state index in [2.05, 4.69) is 0 Å². The normalized spacial score (nSPS) is 19.2. The zero-order chi connectivity index (χ0) is 12.5. The van der Waals surface area contributed by atoms with E-state index in [4.69, 9.17) is 4.74 Å². The Bertz CT molecular complexity index is 406. The molecular weight excluding hydrogens is 220 g/mol. The fraction of sp³-hybridized carbons (Fsp3) is 0.462. The molecule has 1 atom stereocenters. The van der Waals surface area contributed by atoms with Crippen molar-refractivity contribution in [2.24, 2.45) is 5.41 Å². The zero-order valence-corrected chi connectivity index (χ0v) is 9.72. The number of methoxy groups -OCH3 is 1. The van der Waals surface area contributed by atoms with Crippen LogP contribution < -0.4 is 4.74 Å². The van der Waals surface area contributed by atoms with Crippen molar-refractivity contribution in [3.05, 3.63) is 29.8 Å². The van der Waals surface area contributed by atoms with E-state index in [1.807, 2.05) is 0 Å². The monoisotopic (exact) mass is 236 g/mol. The van der Waals surface area contributed by atoms with Gasteiger partial charge in [0.15, 0.2) is 0 Å². The van der Waals surface area contributed by atoms with Gasteiger partial charge in [0.2, 0.25) is 0 Å². The number of rotatable bonds is 4. The Morgan fingerprint density at radius 1 is 1.35 bits per heavy atom. The maximum atomic E-state index is 11.3. The van der Waals surface area contributed by atoms with Crippen LogP contribution in [0.15, 0.2) is 24.3 Å². The number of carboxylic acid groups (broad SMARTS) is 1. The minimum atomic E-state index is -0.991. The third-order valence-electron chi connectivity index (χ3n) is 3.63. The van der Waals surface area contributed by atoms with Crippen LogP contribution in [0.3, 0.4) is 0 Å². The number of aliphatic hydroxyl groups excluding tert-OH is 1. The summed E-state index contributed by atoms with van der Waals surface area (Å²) in [5.74, 6) is -0.217. The van der Waals surface area contributed by atoms with Crippen LogP contribution in [0.2, 0.25) is 0 Å². The third kappa shape index (κ3) is 1.89. The van der Waals surface area contributed by atoms with Crippen LogP contribution in [0, 0.1) is 5.41 Å². The van der Waals surface area contributed by atoms with Crippen LogP contribution in [0.25, 0.3) is 0 Å². The van der Waals surface area contributed by atoms with Gasteiger partial charge < -0.3 is 14.9 Å². The van der Waals surface area contributed by atoms with Crippen LogP contribution >= 0.6 is 0 Å². The molecule has 2 N–H and O–H groups in total. The van der Waals surface area contributed by atoms with Crippen LogP contribution in [0.4, 0.5) is 0 Å². The average molecular weight is 236 g/mol. The molecule has 0 aromatic heterocycles. The summed E-state index contributed by atoms with van der Waals surface area (Å²) in [5, 5.41) is 19.4. The molecular formula is C13H16O4. The number of hydrogen-bond donors (Lipinski definition) is 2. The van der Waals surface area contributed by atoms with Crippen molar-refractivity contribution in [2.45, 2.75) is 25.4 Å². The molecule has 1 saturated carbocycles. The van der Waals surface area contributed by atoms with Gasteiger partial charge in [0.05, 0.1) is 18.6 Å². The smallest absolute Gasteiger partial charge is 0.312 e. The van der Waals surface area contributed by atoms with Crippen molar-refractivity contribution in [3.8, 4) is 5.75 Å².